The van der Waals surface area contributed by atoms with Crippen molar-refractivity contribution < 1.29 is 26.3 Å². The predicted octanol–water partition coefficient (Wildman–Crippen LogP) is 1.64. The van der Waals surface area contributed by atoms with E-state index >= 15 is 0 Å². The van der Waals surface area contributed by atoms with Gasteiger partial charge in [0.15, 0.2) is 0 Å². The Morgan fingerprint density at radius 1 is 0.818 bits per heavy atom. The number of hydrogen-bond acceptors (Lipinski definition) is 1. The molecule has 0 spiro atoms. The maximum atomic E-state index is 11.5. The van der Waals surface area contributed by atoms with Gasteiger partial charge in [0.1, 0.15) is 0 Å². The van der Waals surface area contributed by atoms with Gasteiger partial charge in [0, 0.05) is 0 Å². The molecule has 0 fully saturated rings. The zero-order valence-electron chi connectivity index (χ0n) is 4.92. The van der Waals surface area contributed by atoms with Crippen molar-refractivity contribution in [2.24, 2.45) is 5.73 Å². The Morgan fingerprint density at radius 2 is 1.00 bits per heavy atom. The third-order valence-corrected chi connectivity index (χ3v) is 1.59. The summed E-state index contributed by atoms with van der Waals surface area (Å²) in [5.74, 6) is 0. The highest BCUT2D eigenvalue weighted by molar-refractivity contribution is 7.19. The van der Waals surface area contributed by atoms with Crippen LogP contribution in [-0.2, 0) is 0 Å². The van der Waals surface area contributed by atoms with Crippen molar-refractivity contribution in [2.45, 2.75) is 17.6 Å². The molecule has 0 radical (unpaired) electrons. The molecule has 0 aliphatic heterocycles. The molecule has 0 aromatic carbocycles. The Morgan fingerprint density at radius 3 is 1.00 bits per heavy atom. The number of rotatable bonds is 0. The van der Waals surface area contributed by atoms with E-state index in [0.29, 0.717) is 9.24 Å². The highest BCUT2D eigenvalue weighted by Crippen LogP contribution is 2.45. The first-order valence-corrected chi connectivity index (χ1v) is 2.79. The van der Waals surface area contributed by atoms with Crippen molar-refractivity contribution in [1.29, 1.82) is 0 Å². The highest BCUT2D eigenvalue weighted by Gasteiger charge is 2.65. The summed E-state index contributed by atoms with van der Waals surface area (Å²) in [6.45, 7) is 0. The molecule has 0 aromatic heterocycles. The van der Waals surface area contributed by atoms with Crippen LogP contribution in [0.1, 0.15) is 0 Å². The van der Waals surface area contributed by atoms with Crippen LogP contribution in [0.3, 0.4) is 0 Å². The molecule has 8 heteroatoms. The molecule has 1 atom stereocenters. The summed E-state index contributed by atoms with van der Waals surface area (Å²) in [5.41, 5.74) is 3.98. The first-order chi connectivity index (χ1) is 4.50. The topological polar surface area (TPSA) is 26.0 Å². The SMILES string of the molecule is NC(P)(C(F)(F)F)C(F)(F)F. The van der Waals surface area contributed by atoms with Crippen molar-refractivity contribution >= 4 is 9.24 Å². The van der Waals surface area contributed by atoms with Gasteiger partial charge in [-0.05, 0) is 0 Å². The molecule has 0 heterocycles. The van der Waals surface area contributed by atoms with E-state index in [1.807, 2.05) is 0 Å². The van der Waals surface area contributed by atoms with Gasteiger partial charge in [-0.25, -0.2) is 0 Å². The second-order valence-electron chi connectivity index (χ2n) is 1.86. The molecule has 0 amide bonds. The zero-order chi connectivity index (χ0) is 9.50. The van der Waals surface area contributed by atoms with Crippen LogP contribution in [0.15, 0.2) is 0 Å². The molecule has 1 unspecified atom stereocenters. The average molecular weight is 199 g/mol. The molecule has 0 aliphatic rings. The van der Waals surface area contributed by atoms with E-state index < -0.39 is 17.6 Å². The lowest BCUT2D eigenvalue weighted by molar-refractivity contribution is -0.263. The quantitative estimate of drug-likeness (QED) is 0.465. The minimum atomic E-state index is -5.50. The van der Waals surface area contributed by atoms with E-state index in [2.05, 4.69) is 5.73 Å². The standard InChI is InChI=1S/C3H4F6NP/c4-2(5,6)1(10,11)3(7,8)9/h10-11H2. The van der Waals surface area contributed by atoms with Crippen molar-refractivity contribution in [3.05, 3.63) is 0 Å². The fourth-order valence-electron chi connectivity index (χ4n) is 0.161. The molecule has 0 saturated carbocycles. The smallest absolute Gasteiger partial charge is 0.307 e. The van der Waals surface area contributed by atoms with Gasteiger partial charge in [-0.3, -0.25) is 0 Å². The minimum absolute atomic E-state index is 0.535. The second kappa shape index (κ2) is 2.48. The molecule has 2 N–H and O–H groups in total. The summed E-state index contributed by atoms with van der Waals surface area (Å²) in [7, 11) is 0.535. The van der Waals surface area contributed by atoms with Gasteiger partial charge in [-0.2, -0.15) is 26.3 Å². The largest absolute Gasteiger partial charge is 0.418 e. The molecule has 11 heavy (non-hydrogen) atoms. The third kappa shape index (κ3) is 1.96. The fourth-order valence-corrected chi connectivity index (χ4v) is 0.161. The monoisotopic (exact) mass is 199 g/mol. The number of nitrogens with two attached hydrogens (primary N) is 1. The van der Waals surface area contributed by atoms with Gasteiger partial charge >= 0.3 is 12.4 Å². The lowest BCUT2D eigenvalue weighted by Gasteiger charge is -2.29. The van der Waals surface area contributed by atoms with Crippen molar-refractivity contribution in [3.63, 3.8) is 0 Å². The summed E-state index contributed by atoms with van der Waals surface area (Å²) in [6, 6.07) is 0. The van der Waals surface area contributed by atoms with E-state index in [-0.39, 0.29) is 0 Å². The van der Waals surface area contributed by atoms with E-state index in [0.717, 1.165) is 0 Å². The molecular weight excluding hydrogens is 195 g/mol. The molecule has 0 rings (SSSR count). The van der Waals surface area contributed by atoms with E-state index in [1.54, 1.807) is 0 Å². The van der Waals surface area contributed by atoms with E-state index in [4.69, 9.17) is 0 Å². The normalized spacial score (nSPS) is 15.3. The van der Waals surface area contributed by atoms with Gasteiger partial charge in [0.2, 0.25) is 5.28 Å². The van der Waals surface area contributed by atoms with Gasteiger partial charge in [0.25, 0.3) is 0 Å². The number of hydrogen-bond donors (Lipinski definition) is 1. The third-order valence-electron chi connectivity index (χ3n) is 0.938. The first kappa shape index (κ1) is 11.0. The van der Waals surface area contributed by atoms with Crippen LogP contribution in [0.25, 0.3) is 0 Å². The van der Waals surface area contributed by atoms with Crippen LogP contribution in [0.5, 0.6) is 0 Å². The molecule has 68 valence electrons. The number of alkyl halides is 6. The molecular formula is C3H4F6NP. The van der Waals surface area contributed by atoms with Crippen LogP contribution >= 0.6 is 9.24 Å². The first-order valence-electron chi connectivity index (χ1n) is 2.21. The Hall–Kier alpha value is -0.0300. The van der Waals surface area contributed by atoms with E-state index in [1.165, 1.54) is 0 Å². The van der Waals surface area contributed by atoms with Crippen LogP contribution in [0.2, 0.25) is 0 Å². The molecule has 0 aliphatic carbocycles. The molecule has 0 aromatic rings. The highest BCUT2D eigenvalue weighted by atomic mass is 31.0. The van der Waals surface area contributed by atoms with E-state index in [9.17, 15) is 26.3 Å². The molecule has 0 bridgehead atoms. The van der Waals surface area contributed by atoms with Gasteiger partial charge in [-0.15, -0.1) is 0 Å². The van der Waals surface area contributed by atoms with Crippen LogP contribution < -0.4 is 5.73 Å². The van der Waals surface area contributed by atoms with Crippen molar-refractivity contribution in [1.82, 2.24) is 0 Å². The lowest BCUT2D eigenvalue weighted by atomic mass is 10.3. The summed E-state index contributed by atoms with van der Waals surface area (Å²) < 4.78 is 68.8. The Labute approximate surface area is 60.1 Å². The second-order valence-corrected chi connectivity index (χ2v) is 2.78. The Bertz CT molecular complexity index is 129. The van der Waals surface area contributed by atoms with Crippen molar-refractivity contribution in [3.8, 4) is 0 Å². The minimum Gasteiger partial charge on any atom is -0.307 e. The summed E-state index contributed by atoms with van der Waals surface area (Å²) >= 11 is 0. The maximum absolute atomic E-state index is 11.5. The predicted molar refractivity (Wildman–Crippen MR) is 28.7 cm³/mol. The van der Waals surface area contributed by atoms with Gasteiger partial charge < -0.3 is 5.73 Å². The van der Waals surface area contributed by atoms with Crippen LogP contribution in [-0.4, -0.2) is 17.6 Å². The fraction of sp³-hybridized carbons (Fsp3) is 1.00. The van der Waals surface area contributed by atoms with Crippen LogP contribution in [0.4, 0.5) is 26.3 Å². The number of halogens is 6. The molecule has 1 nitrogen and oxygen atoms in total. The Balaban J connectivity index is 4.75. The zero-order valence-corrected chi connectivity index (χ0v) is 6.08. The average Bonchev–Trinajstić information content (AvgIpc) is 1.58. The van der Waals surface area contributed by atoms with Gasteiger partial charge in [0.05, 0.1) is 0 Å². The summed E-state index contributed by atoms with van der Waals surface area (Å²) in [5, 5.41) is -4.21. The summed E-state index contributed by atoms with van der Waals surface area (Å²) in [4.78, 5) is 0. The maximum Gasteiger partial charge on any atom is 0.418 e. The summed E-state index contributed by atoms with van der Waals surface area (Å²) in [6.07, 6.45) is -11.0. The van der Waals surface area contributed by atoms with Crippen LogP contribution in [0, 0.1) is 0 Å². The van der Waals surface area contributed by atoms with Gasteiger partial charge in [-0.1, -0.05) is 9.24 Å². The lowest BCUT2D eigenvalue weighted by Crippen LogP contribution is -2.58. The molecule has 0 saturated heterocycles. The Kier molecular flexibility index (Phi) is 2.48. The van der Waals surface area contributed by atoms with Crippen molar-refractivity contribution in [2.75, 3.05) is 0 Å².